The molecule has 1 unspecified atom stereocenters. The second-order valence-corrected chi connectivity index (χ2v) is 3.66. The predicted octanol–water partition coefficient (Wildman–Crippen LogP) is 2.69. The second kappa shape index (κ2) is 4.94. The molecule has 78 valence electrons. The van der Waals surface area contributed by atoms with Crippen molar-refractivity contribution in [1.82, 2.24) is 9.55 Å². The third kappa shape index (κ3) is 2.03. The number of aldehydes is 1. The van der Waals surface area contributed by atoms with Gasteiger partial charge in [0, 0.05) is 6.04 Å². The van der Waals surface area contributed by atoms with Crippen LogP contribution in [0.15, 0.2) is 12.5 Å². The van der Waals surface area contributed by atoms with Gasteiger partial charge in [-0.25, -0.2) is 4.98 Å². The van der Waals surface area contributed by atoms with Crippen molar-refractivity contribution in [2.24, 2.45) is 5.92 Å². The van der Waals surface area contributed by atoms with E-state index >= 15 is 0 Å². The van der Waals surface area contributed by atoms with Crippen LogP contribution in [0.25, 0.3) is 0 Å². The van der Waals surface area contributed by atoms with Crippen LogP contribution in [0.4, 0.5) is 0 Å². The summed E-state index contributed by atoms with van der Waals surface area (Å²) in [6, 6.07) is 0.354. The molecular formula is C11H18N2O. The summed E-state index contributed by atoms with van der Waals surface area (Å²) >= 11 is 0. The van der Waals surface area contributed by atoms with E-state index < -0.39 is 0 Å². The Morgan fingerprint density at radius 2 is 2.14 bits per heavy atom. The molecule has 0 saturated carbocycles. The molecule has 1 aromatic heterocycles. The molecule has 0 aliphatic heterocycles. The summed E-state index contributed by atoms with van der Waals surface area (Å²) in [7, 11) is 0. The van der Waals surface area contributed by atoms with Crippen molar-refractivity contribution < 1.29 is 4.79 Å². The first-order chi connectivity index (χ1) is 6.74. The van der Waals surface area contributed by atoms with Crippen LogP contribution in [0.5, 0.6) is 0 Å². The summed E-state index contributed by atoms with van der Waals surface area (Å²) in [4.78, 5) is 14.7. The van der Waals surface area contributed by atoms with Crippen molar-refractivity contribution in [2.45, 2.75) is 39.7 Å². The molecule has 0 bridgehead atoms. The van der Waals surface area contributed by atoms with Gasteiger partial charge in [0.1, 0.15) is 5.69 Å². The van der Waals surface area contributed by atoms with Crippen LogP contribution in [0, 0.1) is 5.92 Å². The zero-order valence-electron chi connectivity index (χ0n) is 9.10. The molecule has 0 aliphatic carbocycles. The molecule has 0 spiro atoms. The molecule has 3 nitrogen and oxygen atoms in total. The summed E-state index contributed by atoms with van der Waals surface area (Å²) in [6.07, 6.45) is 6.49. The highest BCUT2D eigenvalue weighted by molar-refractivity contribution is 5.71. The third-order valence-electron chi connectivity index (χ3n) is 2.99. The van der Waals surface area contributed by atoms with Gasteiger partial charge in [-0.15, -0.1) is 0 Å². The molecule has 0 aliphatic rings. The Balaban J connectivity index is 2.86. The van der Waals surface area contributed by atoms with Crippen LogP contribution in [0.3, 0.4) is 0 Å². The highest BCUT2D eigenvalue weighted by Gasteiger charge is 2.16. The minimum atomic E-state index is 0.354. The maximum atomic E-state index is 10.7. The van der Waals surface area contributed by atoms with Gasteiger partial charge in [-0.05, 0) is 12.8 Å². The average molecular weight is 194 g/mol. The molecule has 3 heteroatoms. The molecule has 1 aromatic rings. The Morgan fingerprint density at radius 3 is 2.64 bits per heavy atom. The van der Waals surface area contributed by atoms with E-state index in [0.717, 1.165) is 19.1 Å². The van der Waals surface area contributed by atoms with Gasteiger partial charge in [-0.3, -0.25) is 4.79 Å². The summed E-state index contributed by atoms with van der Waals surface area (Å²) < 4.78 is 1.96. The number of hydrogen-bond acceptors (Lipinski definition) is 2. The van der Waals surface area contributed by atoms with Gasteiger partial charge in [0.15, 0.2) is 6.29 Å². The standard InChI is InChI=1S/C11H18N2O/c1-4-10(5-2)9(3)13-8-12-6-11(13)7-14/h6-10H,4-5H2,1-3H3. The van der Waals surface area contributed by atoms with Gasteiger partial charge in [-0.1, -0.05) is 26.7 Å². The first-order valence-electron chi connectivity index (χ1n) is 5.21. The van der Waals surface area contributed by atoms with Gasteiger partial charge in [-0.2, -0.15) is 0 Å². The zero-order chi connectivity index (χ0) is 10.6. The lowest BCUT2D eigenvalue weighted by Gasteiger charge is -2.23. The zero-order valence-corrected chi connectivity index (χ0v) is 9.10. The lowest BCUT2D eigenvalue weighted by Crippen LogP contribution is -2.16. The summed E-state index contributed by atoms with van der Waals surface area (Å²) in [5.74, 6) is 0.614. The Hall–Kier alpha value is -1.12. The smallest absolute Gasteiger partial charge is 0.168 e. The Labute approximate surface area is 85.2 Å². The predicted molar refractivity (Wildman–Crippen MR) is 56.4 cm³/mol. The first kappa shape index (κ1) is 11.0. The van der Waals surface area contributed by atoms with Gasteiger partial charge >= 0.3 is 0 Å². The number of carbonyl (C=O) groups excluding carboxylic acids is 1. The summed E-state index contributed by atoms with van der Waals surface area (Å²) in [5.41, 5.74) is 0.671. The largest absolute Gasteiger partial charge is 0.325 e. The Morgan fingerprint density at radius 1 is 1.50 bits per heavy atom. The third-order valence-corrected chi connectivity index (χ3v) is 2.99. The van der Waals surface area contributed by atoms with E-state index in [-0.39, 0.29) is 0 Å². The van der Waals surface area contributed by atoms with E-state index in [2.05, 4.69) is 25.8 Å². The molecule has 1 atom stereocenters. The number of aromatic nitrogens is 2. The first-order valence-corrected chi connectivity index (χ1v) is 5.21. The lowest BCUT2D eigenvalue weighted by molar-refractivity contribution is 0.111. The number of hydrogen-bond donors (Lipinski definition) is 0. The Bertz CT molecular complexity index is 289. The maximum absolute atomic E-state index is 10.7. The van der Waals surface area contributed by atoms with Crippen molar-refractivity contribution in [3.05, 3.63) is 18.2 Å². The molecule has 0 N–H and O–H groups in total. The van der Waals surface area contributed by atoms with E-state index in [4.69, 9.17) is 0 Å². The van der Waals surface area contributed by atoms with Crippen LogP contribution in [0.1, 0.15) is 50.1 Å². The fraction of sp³-hybridized carbons (Fsp3) is 0.636. The molecule has 0 fully saturated rings. The van der Waals surface area contributed by atoms with Crippen molar-refractivity contribution >= 4 is 6.29 Å². The number of carbonyl (C=O) groups is 1. The van der Waals surface area contributed by atoms with Gasteiger partial charge in [0.05, 0.1) is 12.5 Å². The topological polar surface area (TPSA) is 34.9 Å². The van der Waals surface area contributed by atoms with Crippen LogP contribution >= 0.6 is 0 Å². The highest BCUT2D eigenvalue weighted by Crippen LogP contribution is 2.24. The maximum Gasteiger partial charge on any atom is 0.168 e. The molecule has 14 heavy (non-hydrogen) atoms. The Kier molecular flexibility index (Phi) is 3.86. The van der Waals surface area contributed by atoms with Crippen LogP contribution in [-0.4, -0.2) is 15.8 Å². The van der Waals surface area contributed by atoms with E-state index in [1.54, 1.807) is 12.5 Å². The highest BCUT2D eigenvalue weighted by atomic mass is 16.1. The van der Waals surface area contributed by atoms with Crippen molar-refractivity contribution in [2.75, 3.05) is 0 Å². The van der Waals surface area contributed by atoms with Crippen molar-refractivity contribution in [1.29, 1.82) is 0 Å². The quantitative estimate of drug-likeness (QED) is 0.675. The molecule has 0 aromatic carbocycles. The summed E-state index contributed by atoms with van der Waals surface area (Å²) in [5, 5.41) is 0. The number of imidazole rings is 1. The molecule has 1 rings (SSSR count). The number of rotatable bonds is 5. The molecule has 1 heterocycles. The molecule has 0 radical (unpaired) electrons. The van der Waals surface area contributed by atoms with Crippen molar-refractivity contribution in [3.63, 3.8) is 0 Å². The van der Waals surface area contributed by atoms with Crippen molar-refractivity contribution in [3.8, 4) is 0 Å². The minimum Gasteiger partial charge on any atom is -0.325 e. The second-order valence-electron chi connectivity index (χ2n) is 3.66. The SMILES string of the molecule is CCC(CC)C(C)n1cncc1C=O. The van der Waals surface area contributed by atoms with E-state index in [0.29, 0.717) is 17.7 Å². The van der Waals surface area contributed by atoms with Crippen LogP contribution in [0.2, 0.25) is 0 Å². The molecule has 0 saturated heterocycles. The van der Waals surface area contributed by atoms with E-state index in [1.807, 2.05) is 4.57 Å². The fourth-order valence-electron chi connectivity index (χ4n) is 1.94. The van der Waals surface area contributed by atoms with Gasteiger partial charge < -0.3 is 4.57 Å². The van der Waals surface area contributed by atoms with Crippen LogP contribution in [-0.2, 0) is 0 Å². The van der Waals surface area contributed by atoms with Gasteiger partial charge in [0.2, 0.25) is 0 Å². The lowest BCUT2D eigenvalue weighted by atomic mass is 9.95. The minimum absolute atomic E-state index is 0.354. The van der Waals surface area contributed by atoms with E-state index in [9.17, 15) is 4.79 Å². The molecule has 0 amide bonds. The monoisotopic (exact) mass is 194 g/mol. The summed E-state index contributed by atoms with van der Waals surface area (Å²) in [6.45, 7) is 6.51. The van der Waals surface area contributed by atoms with Crippen LogP contribution < -0.4 is 0 Å². The van der Waals surface area contributed by atoms with E-state index in [1.165, 1.54) is 0 Å². The molecular weight excluding hydrogens is 176 g/mol. The fourth-order valence-corrected chi connectivity index (χ4v) is 1.94. The van der Waals surface area contributed by atoms with Gasteiger partial charge in [0.25, 0.3) is 0 Å². The normalized spacial score (nSPS) is 13.1. The average Bonchev–Trinajstić information content (AvgIpc) is 2.67. The number of nitrogens with zero attached hydrogens (tertiary/aromatic N) is 2.